The van der Waals surface area contributed by atoms with Crippen LogP contribution in [0.2, 0.25) is 0 Å². The predicted octanol–water partition coefficient (Wildman–Crippen LogP) is 10.4. The van der Waals surface area contributed by atoms with E-state index in [2.05, 4.69) is 11.7 Å². The first kappa shape index (κ1) is 31.4. The van der Waals surface area contributed by atoms with Crippen molar-refractivity contribution in [2.45, 2.75) is 77.5 Å². The van der Waals surface area contributed by atoms with Crippen molar-refractivity contribution < 1.29 is 35.5 Å². The van der Waals surface area contributed by atoms with E-state index in [1.165, 1.54) is 18.2 Å². The number of aryl methyl sites for hydroxylation is 4. The predicted molar refractivity (Wildman–Crippen MR) is 151 cm³/mol. The third kappa shape index (κ3) is 8.49. The van der Waals surface area contributed by atoms with Gasteiger partial charge in [-0.15, -0.1) is 13.2 Å². The van der Waals surface area contributed by atoms with Crippen LogP contribution in [0, 0.1) is 23.3 Å². The highest BCUT2D eigenvalue weighted by Crippen LogP contribution is 2.28. The minimum atomic E-state index is -5.00. The molecule has 0 aliphatic carbocycles. The van der Waals surface area contributed by atoms with Crippen LogP contribution >= 0.6 is 0 Å². The van der Waals surface area contributed by atoms with Crippen LogP contribution in [0.5, 0.6) is 5.75 Å². The summed E-state index contributed by atoms with van der Waals surface area (Å²) in [5, 5.41) is 1.00. The molecule has 0 spiro atoms. The Kier molecular flexibility index (Phi) is 10.5. The lowest BCUT2D eigenvalue weighted by molar-refractivity contribution is -0.275. The van der Waals surface area contributed by atoms with Crippen LogP contribution in [0.3, 0.4) is 0 Å². The van der Waals surface area contributed by atoms with Crippen molar-refractivity contribution in [3.8, 4) is 5.75 Å². The number of alkyl halides is 3. The van der Waals surface area contributed by atoms with Crippen molar-refractivity contribution in [2.75, 3.05) is 0 Å². The van der Waals surface area contributed by atoms with Crippen LogP contribution in [0.1, 0.15) is 66.8 Å². The molecule has 0 aliphatic rings. The van der Waals surface area contributed by atoms with Gasteiger partial charge >= 0.3 is 6.36 Å². The molecule has 0 bridgehead atoms. The highest BCUT2D eigenvalue weighted by atomic mass is 19.4. The van der Waals surface area contributed by atoms with Crippen molar-refractivity contribution in [3.05, 3.63) is 112 Å². The average molecular weight is 591 g/mol. The summed E-state index contributed by atoms with van der Waals surface area (Å²) in [6.07, 6.45) is 1.98. The van der Waals surface area contributed by atoms with E-state index in [4.69, 9.17) is 0 Å². The molecule has 4 rings (SSSR count). The summed E-state index contributed by atoms with van der Waals surface area (Å²) in [6, 6.07) is 14.5. The molecule has 0 amide bonds. The molecule has 0 N–H and O–H groups in total. The number of unbranched alkanes of at least 4 members (excludes halogenated alkanes) is 4. The van der Waals surface area contributed by atoms with E-state index in [-0.39, 0.29) is 24.8 Å². The monoisotopic (exact) mass is 590 g/mol. The van der Waals surface area contributed by atoms with Gasteiger partial charge < -0.3 is 4.74 Å². The van der Waals surface area contributed by atoms with E-state index >= 15 is 4.39 Å². The van der Waals surface area contributed by atoms with Crippen molar-refractivity contribution in [3.63, 3.8) is 0 Å². The van der Waals surface area contributed by atoms with E-state index in [0.717, 1.165) is 49.8 Å². The minimum absolute atomic E-state index is 0.0424. The molecule has 0 aliphatic heterocycles. The van der Waals surface area contributed by atoms with E-state index < -0.39 is 35.4 Å². The molecule has 8 heteroatoms. The lowest BCUT2D eigenvalue weighted by Crippen LogP contribution is -2.18. The van der Waals surface area contributed by atoms with Gasteiger partial charge in [-0.2, -0.15) is 0 Å². The zero-order valence-electron chi connectivity index (χ0n) is 23.4. The molecule has 0 saturated heterocycles. The fourth-order valence-corrected chi connectivity index (χ4v) is 5.16. The maximum atomic E-state index is 15.3. The van der Waals surface area contributed by atoms with Crippen molar-refractivity contribution in [1.82, 2.24) is 0 Å². The standard InChI is InChI=1S/C34H33F7O/c1-2-3-4-5-6-7-24-20-29(35)28(30(36)21-24)16-10-22-9-15-27-26(18-22)14-13-25(33(27)38)12-8-23-11-17-32(31(37)19-23)42-34(39,40)41/h9,11,13-15,17-21H,2-8,10,12,16H2,1H3. The second kappa shape index (κ2) is 14.1. The van der Waals surface area contributed by atoms with Crippen LogP contribution in [0.25, 0.3) is 10.8 Å². The number of rotatable bonds is 13. The average Bonchev–Trinajstić information content (AvgIpc) is 2.93. The number of fused-ring (bicyclic) bond motifs is 1. The normalized spacial score (nSPS) is 11.8. The lowest BCUT2D eigenvalue weighted by atomic mass is 9.96. The van der Waals surface area contributed by atoms with Gasteiger partial charge in [0.15, 0.2) is 11.6 Å². The fraction of sp³-hybridized carbons (Fsp3) is 0.353. The fourth-order valence-electron chi connectivity index (χ4n) is 5.16. The summed E-state index contributed by atoms with van der Waals surface area (Å²) in [6.45, 7) is 2.14. The molecule has 0 unspecified atom stereocenters. The maximum Gasteiger partial charge on any atom is 0.573 e. The van der Waals surface area contributed by atoms with Gasteiger partial charge in [0, 0.05) is 10.9 Å². The summed E-state index contributed by atoms with van der Waals surface area (Å²) in [5.74, 6) is -3.60. The van der Waals surface area contributed by atoms with Gasteiger partial charge in [-0.1, -0.05) is 69.0 Å². The topological polar surface area (TPSA) is 9.23 Å². The smallest absolute Gasteiger partial charge is 0.403 e. The molecule has 1 nitrogen and oxygen atoms in total. The Balaban J connectivity index is 1.38. The van der Waals surface area contributed by atoms with E-state index in [9.17, 15) is 26.3 Å². The maximum absolute atomic E-state index is 15.3. The first-order valence-corrected chi connectivity index (χ1v) is 14.2. The third-order valence-electron chi connectivity index (χ3n) is 7.44. The van der Waals surface area contributed by atoms with Crippen molar-refractivity contribution in [1.29, 1.82) is 0 Å². The van der Waals surface area contributed by atoms with Crippen molar-refractivity contribution >= 4 is 10.8 Å². The van der Waals surface area contributed by atoms with Gasteiger partial charge in [0.05, 0.1) is 0 Å². The van der Waals surface area contributed by atoms with Gasteiger partial charge in [-0.05, 0) is 90.4 Å². The highest BCUT2D eigenvalue weighted by Gasteiger charge is 2.32. The van der Waals surface area contributed by atoms with Gasteiger partial charge in [0.25, 0.3) is 0 Å². The van der Waals surface area contributed by atoms with Crippen LogP contribution in [-0.4, -0.2) is 6.36 Å². The molecule has 0 saturated carbocycles. The first-order chi connectivity index (χ1) is 20.0. The molecule has 42 heavy (non-hydrogen) atoms. The molecular formula is C34H33F7O. The summed E-state index contributed by atoms with van der Waals surface area (Å²) < 4.78 is 99.4. The largest absolute Gasteiger partial charge is 0.573 e. The van der Waals surface area contributed by atoms with Crippen LogP contribution < -0.4 is 4.74 Å². The molecular weight excluding hydrogens is 557 g/mol. The number of benzene rings is 4. The number of hydrogen-bond acceptors (Lipinski definition) is 1. The Morgan fingerprint density at radius 2 is 1.24 bits per heavy atom. The summed E-state index contributed by atoms with van der Waals surface area (Å²) >= 11 is 0. The van der Waals surface area contributed by atoms with Crippen LogP contribution in [0.4, 0.5) is 30.7 Å². The molecule has 0 radical (unpaired) electrons. The summed E-state index contributed by atoms with van der Waals surface area (Å²) in [7, 11) is 0. The molecule has 4 aromatic carbocycles. The van der Waals surface area contributed by atoms with Crippen LogP contribution in [-0.2, 0) is 32.1 Å². The third-order valence-corrected chi connectivity index (χ3v) is 7.44. The van der Waals surface area contributed by atoms with Gasteiger partial charge in [0.2, 0.25) is 0 Å². The quantitative estimate of drug-likeness (QED) is 0.111. The molecule has 0 heterocycles. The van der Waals surface area contributed by atoms with Gasteiger partial charge in [-0.25, -0.2) is 17.6 Å². The Bertz CT molecular complexity index is 1490. The number of ether oxygens (including phenoxy) is 1. The zero-order chi connectivity index (χ0) is 30.3. The molecule has 0 aromatic heterocycles. The molecule has 0 fully saturated rings. The molecule has 0 atom stereocenters. The van der Waals surface area contributed by atoms with E-state index in [0.29, 0.717) is 40.3 Å². The highest BCUT2D eigenvalue weighted by molar-refractivity contribution is 5.84. The van der Waals surface area contributed by atoms with Gasteiger partial charge in [-0.3, -0.25) is 0 Å². The van der Waals surface area contributed by atoms with Crippen molar-refractivity contribution in [2.24, 2.45) is 0 Å². The second-order valence-corrected chi connectivity index (χ2v) is 10.6. The Labute approximate surface area is 241 Å². The number of hydrogen-bond donors (Lipinski definition) is 0. The summed E-state index contributed by atoms with van der Waals surface area (Å²) in [4.78, 5) is 0. The van der Waals surface area contributed by atoms with Crippen LogP contribution in [0.15, 0.2) is 60.7 Å². The zero-order valence-corrected chi connectivity index (χ0v) is 23.4. The Morgan fingerprint density at radius 3 is 1.93 bits per heavy atom. The first-order valence-electron chi connectivity index (χ1n) is 14.2. The Morgan fingerprint density at radius 1 is 0.595 bits per heavy atom. The minimum Gasteiger partial charge on any atom is -0.403 e. The van der Waals surface area contributed by atoms with E-state index in [1.54, 1.807) is 30.3 Å². The summed E-state index contributed by atoms with van der Waals surface area (Å²) in [5.41, 5.74) is 2.29. The number of halogens is 7. The molecule has 4 aromatic rings. The van der Waals surface area contributed by atoms with Gasteiger partial charge in [0.1, 0.15) is 17.5 Å². The second-order valence-electron chi connectivity index (χ2n) is 10.6. The van der Waals surface area contributed by atoms with E-state index in [1.807, 2.05) is 0 Å². The SMILES string of the molecule is CCCCCCCc1cc(F)c(CCc2ccc3c(F)c(CCc4ccc(OC(F)(F)F)c(F)c4)ccc3c2)c(F)c1. The lowest BCUT2D eigenvalue weighted by Gasteiger charge is -2.12. The Hall–Kier alpha value is -3.55. The molecule has 224 valence electrons.